The van der Waals surface area contributed by atoms with E-state index in [9.17, 15) is 4.79 Å². The van der Waals surface area contributed by atoms with E-state index in [1.54, 1.807) is 0 Å². The minimum atomic E-state index is 0.00806. The molecule has 0 amide bonds. The summed E-state index contributed by atoms with van der Waals surface area (Å²) in [4.78, 5) is 12.9. The quantitative estimate of drug-likeness (QED) is 0.399. The van der Waals surface area contributed by atoms with Gasteiger partial charge in [-0.2, -0.15) is 0 Å². The van der Waals surface area contributed by atoms with E-state index in [1.165, 1.54) is 0 Å². The molecule has 0 aromatic rings. The van der Waals surface area contributed by atoms with E-state index in [0.717, 1.165) is 12.8 Å². The molecule has 0 unspecified atom stereocenters. The Morgan fingerprint density at radius 3 is 2.31 bits per heavy atom. The number of hydrogen-bond acceptors (Lipinski definition) is 4. The fourth-order valence-electron chi connectivity index (χ4n) is 0.686. The van der Waals surface area contributed by atoms with Gasteiger partial charge in [-0.3, -0.25) is 4.79 Å². The largest absolute Gasteiger partial charge is 0.465 e. The summed E-state index contributed by atoms with van der Waals surface area (Å²) in [6.07, 6.45) is 2.08. The van der Waals surface area contributed by atoms with Crippen molar-refractivity contribution in [3.8, 4) is 0 Å². The van der Waals surface area contributed by atoms with Crippen LogP contribution in [0.25, 0.3) is 0 Å². The lowest BCUT2D eigenvalue weighted by Crippen LogP contribution is -2.10. The third-order valence-corrected chi connectivity index (χ3v) is 1.47. The van der Waals surface area contributed by atoms with Gasteiger partial charge in [0.25, 0.3) is 0 Å². The molecular weight excluding hydrogens is 170 g/mol. The highest BCUT2D eigenvalue weighted by Crippen LogP contribution is 2.30. The molecular formula is C8H16N3O2+. The molecule has 5 nitrogen and oxygen atoms in total. The summed E-state index contributed by atoms with van der Waals surface area (Å²) in [6.45, 7) is 4.66. The van der Waals surface area contributed by atoms with E-state index >= 15 is 0 Å². The third kappa shape index (κ3) is 7.15. The van der Waals surface area contributed by atoms with E-state index in [1.807, 2.05) is 18.8 Å². The molecule has 0 radical (unpaired) electrons. The highest BCUT2D eigenvalue weighted by atomic mass is 16.5. The fourth-order valence-corrected chi connectivity index (χ4v) is 0.686. The van der Waals surface area contributed by atoms with Crippen LogP contribution < -0.4 is 4.91 Å². The molecule has 0 heterocycles. The smallest absolute Gasteiger partial charge is 0.308 e. The number of ether oxygens (including phenoxy) is 1. The zero-order valence-corrected chi connectivity index (χ0v) is 8.04. The minimum absolute atomic E-state index is 0.00806. The maximum Gasteiger partial charge on any atom is 0.308 e. The van der Waals surface area contributed by atoms with E-state index in [-0.39, 0.29) is 11.9 Å². The van der Waals surface area contributed by atoms with Gasteiger partial charge in [0.15, 0.2) is 0 Å². The van der Waals surface area contributed by atoms with E-state index < -0.39 is 0 Å². The fraction of sp³-hybridized carbons (Fsp3) is 0.875. The highest BCUT2D eigenvalue weighted by molar-refractivity contribution is 5.74. The van der Waals surface area contributed by atoms with Crippen molar-refractivity contribution in [3.05, 3.63) is 0 Å². The number of carbonyl (C=O) groups excluding carboxylic acids is 1. The number of hydrogen-bond donors (Lipinski definition) is 2. The van der Waals surface area contributed by atoms with Crippen LogP contribution in [0.1, 0.15) is 26.7 Å². The molecule has 1 saturated carbocycles. The van der Waals surface area contributed by atoms with E-state index in [4.69, 9.17) is 15.8 Å². The molecule has 1 rings (SSSR count). The first-order valence-electron chi connectivity index (χ1n) is 4.31. The van der Waals surface area contributed by atoms with Crippen LogP contribution in [0.4, 0.5) is 0 Å². The third-order valence-electron chi connectivity index (χ3n) is 1.47. The van der Waals surface area contributed by atoms with Crippen LogP contribution in [0.15, 0.2) is 0 Å². The number of nitrogens with one attached hydrogen (secondary N) is 2. The molecule has 2 N–H and O–H groups in total. The first-order valence-corrected chi connectivity index (χ1v) is 4.31. The molecule has 1 aliphatic rings. The van der Waals surface area contributed by atoms with Gasteiger partial charge in [-0.1, -0.05) is 13.8 Å². The Bertz CT molecular complexity index is 194. The molecule has 0 saturated heterocycles. The lowest BCUT2D eigenvalue weighted by molar-refractivity contribution is -0.146. The summed E-state index contributed by atoms with van der Waals surface area (Å²) in [5, 5.41) is 0. The summed E-state index contributed by atoms with van der Waals surface area (Å²) in [5.41, 5.74) is 11.0. The Morgan fingerprint density at radius 1 is 1.54 bits per heavy atom. The molecule has 1 aliphatic carbocycles. The van der Waals surface area contributed by atoms with Crippen molar-refractivity contribution in [2.75, 3.05) is 6.61 Å². The molecule has 0 bridgehead atoms. The minimum Gasteiger partial charge on any atom is -0.465 e. The summed E-state index contributed by atoms with van der Waals surface area (Å²) in [5.74, 6) is 0.718. The molecule has 0 aromatic heterocycles. The molecule has 0 spiro atoms. The SMILES string of the molecule is CC(C)COC(=O)C1CC1.N=[N+]=N. The van der Waals surface area contributed by atoms with Gasteiger partial charge in [0, 0.05) is 0 Å². The lowest BCUT2D eigenvalue weighted by atomic mass is 10.2. The average Bonchev–Trinajstić information content (AvgIpc) is 2.83. The Labute approximate surface area is 77.5 Å². The average molecular weight is 186 g/mol. The van der Waals surface area contributed by atoms with Gasteiger partial charge in [0.2, 0.25) is 4.91 Å². The van der Waals surface area contributed by atoms with Crippen molar-refractivity contribution in [2.45, 2.75) is 26.7 Å². The Kier molecular flexibility index (Phi) is 5.72. The van der Waals surface area contributed by atoms with Gasteiger partial charge < -0.3 is 4.74 Å². The standard InChI is InChI=1S/C8H14O2.H2N3/c1-6(2)5-10-8(9)7-3-4-7;1-3-2/h6-7H,3-5H2,1-2H3;1-2H/q;+1. The number of rotatable bonds is 3. The lowest BCUT2D eigenvalue weighted by Gasteiger charge is -2.05. The van der Waals surface area contributed by atoms with Crippen molar-refractivity contribution in [2.24, 2.45) is 11.8 Å². The van der Waals surface area contributed by atoms with E-state index in [0.29, 0.717) is 12.5 Å². The molecule has 0 aliphatic heterocycles. The number of nitrogens with zero attached hydrogens (tertiary/aromatic N) is 1. The predicted molar refractivity (Wildman–Crippen MR) is 46.1 cm³/mol. The second kappa shape index (κ2) is 6.31. The second-order valence-electron chi connectivity index (χ2n) is 3.41. The summed E-state index contributed by atoms with van der Waals surface area (Å²) in [6, 6.07) is 0. The van der Waals surface area contributed by atoms with Gasteiger partial charge in [-0.05, 0) is 18.8 Å². The van der Waals surface area contributed by atoms with Crippen LogP contribution >= 0.6 is 0 Å². The van der Waals surface area contributed by atoms with Crippen molar-refractivity contribution in [3.63, 3.8) is 0 Å². The number of carbonyl (C=O) groups is 1. The van der Waals surface area contributed by atoms with Crippen molar-refractivity contribution >= 4 is 5.97 Å². The molecule has 74 valence electrons. The van der Waals surface area contributed by atoms with Crippen molar-refractivity contribution in [1.82, 2.24) is 4.91 Å². The van der Waals surface area contributed by atoms with Crippen LogP contribution in [-0.4, -0.2) is 12.6 Å². The zero-order chi connectivity index (χ0) is 10.3. The Hall–Kier alpha value is -1.22. The van der Waals surface area contributed by atoms with Crippen LogP contribution in [-0.2, 0) is 9.53 Å². The summed E-state index contributed by atoms with van der Waals surface area (Å²) < 4.78 is 4.99. The number of esters is 1. The normalized spacial score (nSPS) is 14.1. The first-order chi connectivity index (χ1) is 6.11. The van der Waals surface area contributed by atoms with Crippen LogP contribution in [0, 0.1) is 22.9 Å². The predicted octanol–water partition coefficient (Wildman–Crippen LogP) is 1.71. The van der Waals surface area contributed by atoms with Crippen LogP contribution in [0.3, 0.4) is 0 Å². The monoisotopic (exact) mass is 186 g/mol. The van der Waals surface area contributed by atoms with Gasteiger partial charge >= 0.3 is 5.97 Å². The van der Waals surface area contributed by atoms with Gasteiger partial charge in [-0.25, -0.2) is 0 Å². The molecule has 1 fully saturated rings. The summed E-state index contributed by atoms with van der Waals surface area (Å²) >= 11 is 0. The maximum atomic E-state index is 10.9. The highest BCUT2D eigenvalue weighted by Gasteiger charge is 2.31. The van der Waals surface area contributed by atoms with Crippen molar-refractivity contribution in [1.29, 1.82) is 11.1 Å². The van der Waals surface area contributed by atoms with Gasteiger partial charge in [0.05, 0.1) is 12.5 Å². The van der Waals surface area contributed by atoms with Crippen molar-refractivity contribution < 1.29 is 9.53 Å². The van der Waals surface area contributed by atoms with Crippen LogP contribution in [0.2, 0.25) is 0 Å². The van der Waals surface area contributed by atoms with Crippen LogP contribution in [0.5, 0.6) is 0 Å². The molecule has 5 heteroatoms. The maximum absolute atomic E-state index is 10.9. The van der Waals surface area contributed by atoms with Gasteiger partial charge in [0.1, 0.15) is 11.1 Å². The molecule has 13 heavy (non-hydrogen) atoms. The zero-order valence-electron chi connectivity index (χ0n) is 8.04. The Morgan fingerprint density at radius 2 is 2.00 bits per heavy atom. The molecule has 0 atom stereocenters. The summed E-state index contributed by atoms with van der Waals surface area (Å²) in [7, 11) is 0. The van der Waals surface area contributed by atoms with E-state index in [2.05, 4.69) is 0 Å². The molecule has 0 aromatic carbocycles. The van der Waals surface area contributed by atoms with Gasteiger partial charge in [-0.15, -0.1) is 0 Å². The topological polar surface area (TPSA) is 88.1 Å². The second-order valence-corrected chi connectivity index (χ2v) is 3.41. The Balaban J connectivity index is 0.000000424. The first kappa shape index (κ1) is 11.8.